The largest absolute Gasteiger partial charge is 0.479 e. The van der Waals surface area contributed by atoms with Crippen LogP contribution in [0.5, 0.6) is 0 Å². The fourth-order valence-electron chi connectivity index (χ4n) is 5.08. The number of carbonyl (C=O) groups excluding carboxylic acids is 1. The lowest BCUT2D eigenvalue weighted by Crippen LogP contribution is -2.60. The number of fused-ring (bicyclic) bond motifs is 1. The molecule has 0 radical (unpaired) electrons. The van der Waals surface area contributed by atoms with Crippen LogP contribution in [0.3, 0.4) is 0 Å². The molecule has 5 atom stereocenters. The van der Waals surface area contributed by atoms with Gasteiger partial charge in [-0.05, 0) is 54.5 Å². The molecular weight excluding hydrogens is 546 g/mol. The van der Waals surface area contributed by atoms with Crippen molar-refractivity contribution < 1.29 is 39.5 Å². The van der Waals surface area contributed by atoms with Gasteiger partial charge in [0.05, 0.1) is 18.7 Å². The second-order valence-electron chi connectivity index (χ2n) is 10.9. The highest BCUT2D eigenvalue weighted by Crippen LogP contribution is 2.25. The van der Waals surface area contributed by atoms with Gasteiger partial charge in [-0.2, -0.15) is 0 Å². The van der Waals surface area contributed by atoms with Crippen LogP contribution in [0.2, 0.25) is 0 Å². The Labute approximate surface area is 242 Å². The molecule has 1 aliphatic heterocycles. The molecule has 0 spiro atoms. The smallest absolute Gasteiger partial charge is 0.335 e. The van der Waals surface area contributed by atoms with Crippen LogP contribution in [0.15, 0.2) is 47.3 Å². The number of anilines is 1. The number of benzene rings is 2. The first-order valence-electron chi connectivity index (χ1n) is 13.7. The number of aryl methyl sites for hydroxylation is 2. The van der Waals surface area contributed by atoms with Gasteiger partial charge in [-0.3, -0.25) is 4.79 Å². The van der Waals surface area contributed by atoms with Gasteiger partial charge in [0, 0.05) is 17.8 Å². The van der Waals surface area contributed by atoms with Gasteiger partial charge in [0.2, 0.25) is 0 Å². The first-order valence-corrected chi connectivity index (χ1v) is 13.7. The number of carboxylic acids is 1. The van der Waals surface area contributed by atoms with E-state index in [2.05, 4.69) is 10.3 Å². The number of nitrogens with one attached hydrogen (secondary N) is 2. The number of amides is 2. The minimum atomic E-state index is -1.85. The predicted octanol–water partition coefficient (Wildman–Crippen LogP) is 2.21. The zero-order valence-electron chi connectivity index (χ0n) is 23.9. The number of ether oxygens (including phenoxy) is 2. The summed E-state index contributed by atoms with van der Waals surface area (Å²) in [5.74, 6) is -1.41. The summed E-state index contributed by atoms with van der Waals surface area (Å²) in [5, 5.41) is 43.3. The molecule has 2 aromatic carbocycles. The molecule has 3 aromatic rings. The SMILES string of the molecule is Cc1cc(C)c2[nH]c(=O)c(CN(CCOC3OC(C(=O)O)C(O)C(O)C3O)C(=O)Nc3ccccc3C(C)C)cc2c1. The molecule has 0 bridgehead atoms. The number of aromatic amines is 1. The first kappa shape index (κ1) is 31.1. The third kappa shape index (κ3) is 6.80. The van der Waals surface area contributed by atoms with E-state index in [-0.39, 0.29) is 31.2 Å². The Kier molecular flexibility index (Phi) is 9.64. The molecule has 2 amide bonds. The highest BCUT2D eigenvalue weighted by Gasteiger charge is 2.47. The zero-order valence-corrected chi connectivity index (χ0v) is 23.9. The Morgan fingerprint density at radius 1 is 1.07 bits per heavy atom. The lowest BCUT2D eigenvalue weighted by Gasteiger charge is -2.38. The third-order valence-electron chi connectivity index (χ3n) is 7.30. The van der Waals surface area contributed by atoms with Gasteiger partial charge in [0.25, 0.3) is 5.56 Å². The zero-order chi connectivity index (χ0) is 30.7. The van der Waals surface area contributed by atoms with Crippen LogP contribution >= 0.6 is 0 Å². The number of aromatic nitrogens is 1. The average molecular weight is 584 g/mol. The maximum Gasteiger partial charge on any atom is 0.335 e. The maximum absolute atomic E-state index is 13.6. The number of hydrogen-bond donors (Lipinski definition) is 6. The number of urea groups is 1. The van der Waals surface area contributed by atoms with Crippen LogP contribution in [-0.2, 0) is 20.8 Å². The van der Waals surface area contributed by atoms with Crippen molar-refractivity contribution in [3.63, 3.8) is 0 Å². The number of pyridine rings is 1. The predicted molar refractivity (Wildman–Crippen MR) is 154 cm³/mol. The van der Waals surface area contributed by atoms with Crippen LogP contribution in [0.4, 0.5) is 10.5 Å². The second kappa shape index (κ2) is 13.0. The molecule has 12 heteroatoms. The normalized spacial score (nSPS) is 22.3. The van der Waals surface area contributed by atoms with Gasteiger partial charge in [0.1, 0.15) is 18.3 Å². The number of hydrogen-bond acceptors (Lipinski definition) is 8. The number of aliphatic hydroxyl groups excluding tert-OH is 3. The Bertz CT molecular complexity index is 1510. The molecule has 6 N–H and O–H groups in total. The minimum absolute atomic E-state index is 0.0928. The van der Waals surface area contributed by atoms with E-state index in [1.807, 2.05) is 52.0 Å². The molecule has 4 rings (SSSR count). The van der Waals surface area contributed by atoms with Crippen LogP contribution in [-0.4, -0.2) is 86.2 Å². The number of carbonyl (C=O) groups is 2. The number of para-hydroxylation sites is 1. The summed E-state index contributed by atoms with van der Waals surface area (Å²) in [6.45, 7) is 7.42. The highest BCUT2D eigenvalue weighted by atomic mass is 16.7. The summed E-state index contributed by atoms with van der Waals surface area (Å²) in [6.07, 6.45) is -8.80. The Morgan fingerprint density at radius 2 is 1.79 bits per heavy atom. The molecule has 1 fully saturated rings. The van der Waals surface area contributed by atoms with E-state index in [1.54, 1.807) is 18.2 Å². The standard InChI is InChI=1S/C30H37N3O9/c1-15(2)20-7-5-6-8-21(20)31-30(40)33(9-10-41-29-25(36)23(34)24(35)26(42-29)28(38)39)14-19-13-18-12-16(3)11-17(4)22(18)32-27(19)37/h5-8,11-13,15,23-26,29,34-36H,9-10,14H2,1-4H3,(H,31,40)(H,32,37)(H,38,39). The summed E-state index contributed by atoms with van der Waals surface area (Å²) in [7, 11) is 0. The van der Waals surface area contributed by atoms with Crippen LogP contribution < -0.4 is 10.9 Å². The van der Waals surface area contributed by atoms with Crippen LogP contribution in [0, 0.1) is 13.8 Å². The topological polar surface area (TPSA) is 182 Å². The van der Waals surface area contributed by atoms with E-state index in [1.165, 1.54) is 4.90 Å². The molecule has 0 aliphatic carbocycles. The lowest BCUT2D eigenvalue weighted by atomic mass is 9.99. The number of nitrogens with zero attached hydrogens (tertiary/aromatic N) is 1. The van der Waals surface area contributed by atoms with Crippen molar-refractivity contribution in [2.24, 2.45) is 0 Å². The fourth-order valence-corrected chi connectivity index (χ4v) is 5.08. The summed E-state index contributed by atoms with van der Waals surface area (Å²) >= 11 is 0. The minimum Gasteiger partial charge on any atom is -0.479 e. The fraction of sp³-hybridized carbons (Fsp3) is 0.433. The molecule has 1 aliphatic rings. The van der Waals surface area contributed by atoms with E-state index in [9.17, 15) is 34.8 Å². The Hall–Kier alpha value is -3.81. The summed E-state index contributed by atoms with van der Waals surface area (Å²) in [6, 6.07) is 12.5. The van der Waals surface area contributed by atoms with Gasteiger partial charge >= 0.3 is 12.0 Å². The van der Waals surface area contributed by atoms with Gasteiger partial charge in [-0.1, -0.05) is 43.7 Å². The van der Waals surface area contributed by atoms with Crippen molar-refractivity contribution in [2.45, 2.75) is 70.9 Å². The number of H-pyrrole nitrogens is 1. The molecule has 42 heavy (non-hydrogen) atoms. The second-order valence-corrected chi connectivity index (χ2v) is 10.9. The van der Waals surface area contributed by atoms with Gasteiger partial charge in [0.15, 0.2) is 12.4 Å². The van der Waals surface area contributed by atoms with Crippen molar-refractivity contribution in [1.29, 1.82) is 0 Å². The molecular formula is C30H37N3O9. The third-order valence-corrected chi connectivity index (χ3v) is 7.30. The van der Waals surface area contributed by atoms with E-state index in [4.69, 9.17) is 9.47 Å². The van der Waals surface area contributed by atoms with Gasteiger partial charge < -0.3 is 45.1 Å². The lowest BCUT2D eigenvalue weighted by molar-refractivity contribution is -0.294. The maximum atomic E-state index is 13.6. The molecule has 1 aromatic heterocycles. The van der Waals surface area contributed by atoms with E-state index < -0.39 is 42.7 Å². The van der Waals surface area contributed by atoms with Crippen LogP contribution in [0.25, 0.3) is 10.9 Å². The van der Waals surface area contributed by atoms with Crippen molar-refractivity contribution in [3.8, 4) is 0 Å². The van der Waals surface area contributed by atoms with Crippen molar-refractivity contribution in [1.82, 2.24) is 9.88 Å². The van der Waals surface area contributed by atoms with Crippen LogP contribution in [0.1, 0.15) is 42.0 Å². The molecule has 0 saturated carbocycles. The molecule has 1 saturated heterocycles. The van der Waals surface area contributed by atoms with Crippen molar-refractivity contribution in [3.05, 3.63) is 75.1 Å². The van der Waals surface area contributed by atoms with Crippen molar-refractivity contribution in [2.75, 3.05) is 18.5 Å². The quantitative estimate of drug-likeness (QED) is 0.220. The Morgan fingerprint density at radius 3 is 2.48 bits per heavy atom. The van der Waals surface area contributed by atoms with E-state index in [0.717, 1.165) is 22.1 Å². The Balaban J connectivity index is 1.58. The summed E-state index contributed by atoms with van der Waals surface area (Å²) in [4.78, 5) is 42.3. The monoisotopic (exact) mass is 583 g/mol. The van der Waals surface area contributed by atoms with E-state index >= 15 is 0 Å². The summed E-state index contributed by atoms with van der Waals surface area (Å²) in [5.41, 5.74) is 4.14. The van der Waals surface area contributed by atoms with E-state index in [0.29, 0.717) is 16.8 Å². The molecule has 5 unspecified atom stereocenters. The molecule has 2 heterocycles. The highest BCUT2D eigenvalue weighted by molar-refractivity contribution is 5.90. The first-order chi connectivity index (χ1) is 19.9. The molecule has 12 nitrogen and oxygen atoms in total. The van der Waals surface area contributed by atoms with Gasteiger partial charge in [-0.15, -0.1) is 0 Å². The van der Waals surface area contributed by atoms with Gasteiger partial charge in [-0.25, -0.2) is 9.59 Å². The van der Waals surface area contributed by atoms with Crippen molar-refractivity contribution >= 4 is 28.6 Å². The number of aliphatic hydroxyl groups is 3. The summed E-state index contributed by atoms with van der Waals surface area (Å²) < 4.78 is 10.7. The average Bonchev–Trinajstić information content (AvgIpc) is 2.93. The number of rotatable bonds is 9. The molecule has 226 valence electrons. The number of aliphatic carboxylic acids is 1. The number of carboxylic acid groups (broad SMARTS) is 1.